The second-order valence-electron chi connectivity index (χ2n) is 8.81. The lowest BCUT2D eigenvalue weighted by atomic mass is 9.97. The fraction of sp³-hybridized carbons (Fsp3) is 0.619. The lowest BCUT2D eigenvalue weighted by molar-refractivity contribution is 0.0709. The molecule has 144 valence electrons. The summed E-state index contributed by atoms with van der Waals surface area (Å²) >= 11 is 0. The van der Waals surface area contributed by atoms with Gasteiger partial charge in [-0.25, -0.2) is 9.67 Å². The fourth-order valence-corrected chi connectivity index (χ4v) is 3.62. The third-order valence-electron chi connectivity index (χ3n) is 5.25. The van der Waals surface area contributed by atoms with Gasteiger partial charge in [0.25, 0.3) is 5.91 Å². The molecule has 0 saturated carbocycles. The number of hydrogen-bond donors (Lipinski definition) is 0. The lowest BCUT2D eigenvalue weighted by Crippen LogP contribution is -2.38. The molecule has 2 aromatic rings. The van der Waals surface area contributed by atoms with Crippen LogP contribution in [0.5, 0.6) is 0 Å². The Balaban J connectivity index is 2.13. The fourth-order valence-electron chi connectivity index (χ4n) is 3.62. The van der Waals surface area contributed by atoms with E-state index in [-0.39, 0.29) is 23.3 Å². The van der Waals surface area contributed by atoms with Crippen LogP contribution in [0.15, 0.2) is 6.07 Å². The molecule has 2 aromatic heterocycles. The summed E-state index contributed by atoms with van der Waals surface area (Å²) < 4.78 is 1.93. The van der Waals surface area contributed by atoms with Crippen molar-refractivity contribution in [3.63, 3.8) is 0 Å². The molecule has 1 amide bonds. The second-order valence-corrected chi connectivity index (χ2v) is 8.81. The van der Waals surface area contributed by atoms with Gasteiger partial charge in [0.2, 0.25) is 0 Å². The molecule has 6 nitrogen and oxygen atoms in total. The topological polar surface area (TPSA) is 74.8 Å². The van der Waals surface area contributed by atoms with E-state index >= 15 is 0 Å². The van der Waals surface area contributed by atoms with E-state index in [1.54, 1.807) is 0 Å². The Morgan fingerprint density at radius 1 is 1.30 bits per heavy atom. The maximum Gasteiger partial charge on any atom is 0.254 e. The molecule has 0 aliphatic carbocycles. The van der Waals surface area contributed by atoms with Crippen LogP contribution in [0, 0.1) is 24.2 Å². The zero-order chi connectivity index (χ0) is 19.9. The van der Waals surface area contributed by atoms with Crippen LogP contribution in [0.2, 0.25) is 0 Å². The highest BCUT2D eigenvalue weighted by Gasteiger charge is 2.29. The number of carbonyl (C=O) groups is 1. The summed E-state index contributed by atoms with van der Waals surface area (Å²) in [5.74, 6) is 0.300. The molecule has 6 heteroatoms. The molecular weight excluding hydrogens is 338 g/mol. The predicted molar refractivity (Wildman–Crippen MR) is 106 cm³/mol. The zero-order valence-electron chi connectivity index (χ0n) is 17.2. The summed E-state index contributed by atoms with van der Waals surface area (Å²) in [6.45, 7) is 13.7. The van der Waals surface area contributed by atoms with Gasteiger partial charge in [-0.15, -0.1) is 0 Å². The summed E-state index contributed by atoms with van der Waals surface area (Å²) in [4.78, 5) is 20.1. The van der Waals surface area contributed by atoms with Crippen LogP contribution < -0.4 is 0 Å². The van der Waals surface area contributed by atoms with Crippen molar-refractivity contribution in [3.8, 4) is 6.07 Å². The van der Waals surface area contributed by atoms with Gasteiger partial charge in [-0.1, -0.05) is 13.8 Å². The minimum Gasteiger partial charge on any atom is -0.339 e. The Kier molecular flexibility index (Phi) is 4.98. The van der Waals surface area contributed by atoms with Crippen molar-refractivity contribution < 1.29 is 4.79 Å². The number of fused-ring (bicyclic) bond motifs is 1. The number of hydrogen-bond acceptors (Lipinski definition) is 4. The van der Waals surface area contributed by atoms with E-state index in [1.807, 2.05) is 22.6 Å². The molecule has 0 aromatic carbocycles. The quantitative estimate of drug-likeness (QED) is 0.804. The first-order valence-corrected chi connectivity index (χ1v) is 9.73. The van der Waals surface area contributed by atoms with Crippen LogP contribution in [0.1, 0.15) is 75.1 Å². The van der Waals surface area contributed by atoms with Crippen LogP contribution >= 0.6 is 0 Å². The molecular formula is C21H29N5O. The first-order chi connectivity index (χ1) is 12.6. The number of nitrogens with zero attached hydrogens (tertiary/aromatic N) is 5. The molecule has 0 unspecified atom stereocenters. The Bertz CT molecular complexity index is 905. The van der Waals surface area contributed by atoms with E-state index in [4.69, 9.17) is 15.3 Å². The molecule has 0 spiro atoms. The smallest absolute Gasteiger partial charge is 0.254 e. The molecule has 3 rings (SSSR count). The normalized spacial score (nSPS) is 16.1. The van der Waals surface area contributed by atoms with E-state index < -0.39 is 0 Å². The van der Waals surface area contributed by atoms with Crippen molar-refractivity contribution in [2.24, 2.45) is 5.92 Å². The zero-order valence-corrected chi connectivity index (χ0v) is 17.2. The minimum absolute atomic E-state index is 0.0252. The van der Waals surface area contributed by atoms with Gasteiger partial charge in [0, 0.05) is 24.7 Å². The van der Waals surface area contributed by atoms with Gasteiger partial charge in [-0.3, -0.25) is 4.79 Å². The molecule has 0 N–H and O–H groups in total. The Morgan fingerprint density at radius 3 is 2.44 bits per heavy atom. The third-order valence-corrected chi connectivity index (χ3v) is 5.25. The SMILES string of the molecule is Cc1nn(C(C)(C)C)c2nc(C(C)C)cc(C(=O)N3CCC(C#N)CC3)c12. The average Bonchev–Trinajstić information content (AvgIpc) is 2.97. The van der Waals surface area contributed by atoms with E-state index in [0.29, 0.717) is 18.7 Å². The predicted octanol–water partition coefficient (Wildman–Crippen LogP) is 3.99. The molecule has 0 radical (unpaired) electrons. The van der Waals surface area contributed by atoms with Gasteiger partial charge in [-0.05, 0) is 52.5 Å². The first kappa shape index (κ1) is 19.3. The van der Waals surface area contributed by atoms with Crippen molar-refractivity contribution in [2.45, 2.75) is 65.8 Å². The Morgan fingerprint density at radius 2 is 1.93 bits per heavy atom. The molecule has 1 saturated heterocycles. The molecule has 27 heavy (non-hydrogen) atoms. The first-order valence-electron chi connectivity index (χ1n) is 9.73. The van der Waals surface area contributed by atoms with Gasteiger partial charge < -0.3 is 4.90 Å². The molecule has 1 aliphatic rings. The number of likely N-dealkylation sites (tertiary alicyclic amines) is 1. The minimum atomic E-state index is -0.222. The number of piperidine rings is 1. The molecule has 0 bridgehead atoms. The van der Waals surface area contributed by atoms with Crippen molar-refractivity contribution in [3.05, 3.63) is 23.0 Å². The largest absolute Gasteiger partial charge is 0.339 e. The van der Waals surface area contributed by atoms with Gasteiger partial charge in [0.05, 0.1) is 28.3 Å². The maximum absolute atomic E-state index is 13.4. The van der Waals surface area contributed by atoms with Crippen molar-refractivity contribution in [2.75, 3.05) is 13.1 Å². The van der Waals surface area contributed by atoms with Gasteiger partial charge in [0.15, 0.2) is 5.65 Å². The van der Waals surface area contributed by atoms with E-state index in [9.17, 15) is 4.79 Å². The maximum atomic E-state index is 13.4. The highest BCUT2D eigenvalue weighted by molar-refractivity contribution is 6.06. The summed E-state index contributed by atoms with van der Waals surface area (Å²) in [6.07, 6.45) is 1.49. The van der Waals surface area contributed by atoms with E-state index in [2.05, 4.69) is 40.7 Å². The summed E-state index contributed by atoms with van der Waals surface area (Å²) in [5, 5.41) is 14.7. The monoisotopic (exact) mass is 367 g/mol. The molecule has 1 aliphatic heterocycles. The Hall–Kier alpha value is -2.42. The van der Waals surface area contributed by atoms with Crippen LogP contribution in [0.3, 0.4) is 0 Å². The second kappa shape index (κ2) is 6.95. The van der Waals surface area contributed by atoms with Crippen LogP contribution in [-0.2, 0) is 5.54 Å². The van der Waals surface area contributed by atoms with E-state index in [1.165, 1.54) is 0 Å². The summed E-state index contributed by atoms with van der Waals surface area (Å²) in [5.41, 5.74) is 2.98. The molecule has 3 heterocycles. The number of pyridine rings is 1. The van der Waals surface area contributed by atoms with E-state index in [0.717, 1.165) is 35.3 Å². The van der Waals surface area contributed by atoms with Gasteiger partial charge >= 0.3 is 0 Å². The van der Waals surface area contributed by atoms with Crippen LogP contribution in [0.25, 0.3) is 11.0 Å². The number of amides is 1. The number of carbonyl (C=O) groups excluding carboxylic acids is 1. The number of nitriles is 1. The summed E-state index contributed by atoms with van der Waals surface area (Å²) in [7, 11) is 0. The lowest BCUT2D eigenvalue weighted by Gasteiger charge is -2.29. The molecule has 1 fully saturated rings. The van der Waals surface area contributed by atoms with Crippen molar-refractivity contribution >= 4 is 16.9 Å². The number of rotatable bonds is 2. The highest BCUT2D eigenvalue weighted by atomic mass is 16.2. The average molecular weight is 367 g/mol. The third kappa shape index (κ3) is 3.55. The van der Waals surface area contributed by atoms with Gasteiger partial charge in [0.1, 0.15) is 0 Å². The highest BCUT2D eigenvalue weighted by Crippen LogP contribution is 2.30. The summed E-state index contributed by atoms with van der Waals surface area (Å²) in [6, 6.07) is 4.26. The number of aryl methyl sites for hydroxylation is 1. The van der Waals surface area contributed by atoms with Crippen molar-refractivity contribution in [1.82, 2.24) is 19.7 Å². The van der Waals surface area contributed by atoms with Crippen LogP contribution in [-0.4, -0.2) is 38.7 Å². The number of aromatic nitrogens is 3. The van der Waals surface area contributed by atoms with Gasteiger partial charge in [-0.2, -0.15) is 10.4 Å². The van der Waals surface area contributed by atoms with Crippen molar-refractivity contribution in [1.29, 1.82) is 5.26 Å². The standard InChI is InChI=1S/C21H29N5O/c1-13(2)17-11-16(20(27)25-9-7-15(12-22)8-10-25)18-14(3)24-26(19(18)23-17)21(4,5)6/h11,13,15H,7-10H2,1-6H3. The van der Waals surface area contributed by atoms with Crippen LogP contribution in [0.4, 0.5) is 0 Å². The Labute approximate surface area is 161 Å². The molecule has 0 atom stereocenters.